The van der Waals surface area contributed by atoms with Gasteiger partial charge in [-0.05, 0) is 31.2 Å². The summed E-state index contributed by atoms with van der Waals surface area (Å²) in [5.74, 6) is -2.42. The molecule has 2 rings (SSSR count). The average molecular weight is 380 g/mol. The summed E-state index contributed by atoms with van der Waals surface area (Å²) in [6.45, 7) is 1.76. The quantitative estimate of drug-likeness (QED) is 0.365. The Morgan fingerprint density at radius 3 is 2.64 bits per heavy atom. The van der Waals surface area contributed by atoms with E-state index >= 15 is 0 Å². The highest BCUT2D eigenvalue weighted by atomic mass is 35.5. The number of ether oxygens (including phenoxy) is 2. The van der Waals surface area contributed by atoms with Gasteiger partial charge in [0.1, 0.15) is 11.1 Å². The molecule has 2 atom stereocenters. The summed E-state index contributed by atoms with van der Waals surface area (Å²) < 4.78 is 48.4. The van der Waals surface area contributed by atoms with E-state index in [1.807, 2.05) is 0 Å². The van der Waals surface area contributed by atoms with Crippen LogP contribution in [0.15, 0.2) is 42.0 Å². The Morgan fingerprint density at radius 2 is 2.12 bits per heavy atom. The van der Waals surface area contributed by atoms with Crippen molar-refractivity contribution in [3.63, 3.8) is 0 Å². The van der Waals surface area contributed by atoms with E-state index < -0.39 is 27.8 Å². The summed E-state index contributed by atoms with van der Waals surface area (Å²) in [5, 5.41) is 19.8. The topological polar surface area (TPSA) is 81.8 Å². The molecular formula is C15H13ClF3NO5. The van der Waals surface area contributed by atoms with Crippen LogP contribution in [0.4, 0.5) is 18.9 Å². The Kier molecular flexibility index (Phi) is 5.28. The lowest BCUT2D eigenvalue weighted by Crippen LogP contribution is -2.44. The largest absolute Gasteiger partial charge is 0.487 e. The average Bonchev–Trinajstić information content (AvgIpc) is 2.49. The van der Waals surface area contributed by atoms with Crippen molar-refractivity contribution in [2.75, 3.05) is 6.61 Å². The number of nitrogens with zero attached hydrogens (tertiary/aromatic N) is 1. The molecule has 0 amide bonds. The second-order valence-corrected chi connectivity index (χ2v) is 5.50. The summed E-state index contributed by atoms with van der Waals surface area (Å²) in [7, 11) is 0. The molecule has 0 saturated heterocycles. The van der Waals surface area contributed by atoms with Crippen molar-refractivity contribution in [2.45, 2.75) is 24.3 Å². The summed E-state index contributed by atoms with van der Waals surface area (Å²) in [6.07, 6.45) is -2.57. The molecule has 1 aliphatic rings. The Balaban J connectivity index is 2.28. The maximum absolute atomic E-state index is 12.7. The zero-order chi connectivity index (χ0) is 18.8. The van der Waals surface area contributed by atoms with Gasteiger partial charge in [-0.3, -0.25) is 10.1 Å². The Morgan fingerprint density at radius 1 is 1.44 bits per heavy atom. The van der Waals surface area contributed by atoms with Gasteiger partial charge < -0.3 is 14.6 Å². The van der Waals surface area contributed by atoms with Crippen LogP contribution in [-0.2, 0) is 0 Å². The highest BCUT2D eigenvalue weighted by Gasteiger charge is 2.42. The second-order valence-electron chi connectivity index (χ2n) is 5.03. The van der Waals surface area contributed by atoms with E-state index in [1.165, 1.54) is 6.07 Å². The van der Waals surface area contributed by atoms with Gasteiger partial charge in [0.05, 0.1) is 17.1 Å². The fourth-order valence-corrected chi connectivity index (χ4v) is 2.33. The molecule has 0 aliphatic heterocycles. The van der Waals surface area contributed by atoms with Gasteiger partial charge in [0.15, 0.2) is 0 Å². The molecule has 0 bridgehead atoms. The zero-order valence-corrected chi connectivity index (χ0v) is 13.5. The molecule has 1 aliphatic carbocycles. The molecular weight excluding hydrogens is 367 g/mol. The summed E-state index contributed by atoms with van der Waals surface area (Å²) in [4.78, 5) is 10.3. The third kappa shape index (κ3) is 4.23. The molecule has 1 N–H and O–H groups in total. The molecule has 25 heavy (non-hydrogen) atoms. The van der Waals surface area contributed by atoms with Crippen LogP contribution in [0.2, 0.25) is 0 Å². The fraction of sp³-hybridized carbons (Fsp3) is 0.333. The number of hydrogen-bond donors (Lipinski definition) is 1. The van der Waals surface area contributed by atoms with Crippen LogP contribution < -0.4 is 9.47 Å². The summed E-state index contributed by atoms with van der Waals surface area (Å²) >= 11 is 5.82. The monoisotopic (exact) mass is 379 g/mol. The van der Waals surface area contributed by atoms with Gasteiger partial charge in [0.25, 0.3) is 0 Å². The summed E-state index contributed by atoms with van der Waals surface area (Å²) in [5.41, 5.74) is -1.33. The number of hydrogen-bond acceptors (Lipinski definition) is 5. The molecule has 6 nitrogen and oxygen atoms in total. The van der Waals surface area contributed by atoms with Crippen LogP contribution in [-0.4, -0.2) is 34.0 Å². The predicted octanol–water partition coefficient (Wildman–Crippen LogP) is 3.73. The first-order valence-electron chi connectivity index (χ1n) is 7.02. The smallest absolute Gasteiger partial charge is 0.416 e. The summed E-state index contributed by atoms with van der Waals surface area (Å²) in [6, 6.07) is 3.43. The number of allylic oxidation sites excluding steroid dienone is 2. The van der Waals surface area contributed by atoms with Crippen molar-refractivity contribution in [1.29, 1.82) is 0 Å². The van der Waals surface area contributed by atoms with Crippen LogP contribution in [0.25, 0.3) is 0 Å². The minimum Gasteiger partial charge on any atom is -0.487 e. The van der Waals surface area contributed by atoms with E-state index in [9.17, 15) is 28.4 Å². The number of nitro groups is 1. The van der Waals surface area contributed by atoms with E-state index in [1.54, 1.807) is 6.92 Å². The Labute approximate surface area is 145 Å². The molecule has 0 fully saturated rings. The number of nitro benzene ring substituents is 1. The van der Waals surface area contributed by atoms with E-state index in [0.29, 0.717) is 12.2 Å². The third-order valence-corrected chi connectivity index (χ3v) is 3.70. The number of rotatable bonds is 5. The molecule has 1 aromatic rings. The van der Waals surface area contributed by atoms with Gasteiger partial charge in [-0.15, -0.1) is 11.6 Å². The first kappa shape index (κ1) is 19.1. The normalized spacial score (nSPS) is 23.1. The van der Waals surface area contributed by atoms with E-state index in [4.69, 9.17) is 21.1 Å². The molecule has 0 radical (unpaired) electrons. The van der Waals surface area contributed by atoms with Crippen molar-refractivity contribution in [3.05, 3.63) is 52.1 Å². The standard InChI is InChI=1S/C15H13ClF3NO5/c1-2-24-12-8-10(3-4-11(12)20(22)23)25-14(21)6-5-9(7-13(14)16)15(17,18)19/h3-8,13,21H,2H2,1H3. The van der Waals surface area contributed by atoms with Crippen molar-refractivity contribution in [2.24, 2.45) is 0 Å². The minimum atomic E-state index is -4.61. The van der Waals surface area contributed by atoms with Crippen molar-refractivity contribution in [3.8, 4) is 11.5 Å². The first-order chi connectivity index (χ1) is 11.6. The highest BCUT2D eigenvalue weighted by molar-refractivity contribution is 6.22. The molecule has 10 heteroatoms. The lowest BCUT2D eigenvalue weighted by Gasteiger charge is -2.31. The molecule has 0 saturated carbocycles. The number of benzene rings is 1. The molecule has 0 aromatic heterocycles. The lowest BCUT2D eigenvalue weighted by atomic mass is 10.0. The van der Waals surface area contributed by atoms with Gasteiger partial charge in [-0.1, -0.05) is 0 Å². The lowest BCUT2D eigenvalue weighted by molar-refractivity contribution is -0.385. The maximum atomic E-state index is 12.7. The first-order valence-corrected chi connectivity index (χ1v) is 7.45. The van der Waals surface area contributed by atoms with Gasteiger partial charge in [-0.2, -0.15) is 13.2 Å². The fourth-order valence-electron chi connectivity index (χ4n) is 2.08. The highest BCUT2D eigenvalue weighted by Crippen LogP contribution is 2.37. The molecule has 0 spiro atoms. The zero-order valence-electron chi connectivity index (χ0n) is 12.8. The minimum absolute atomic E-state index is 0.0595. The molecule has 0 heterocycles. The van der Waals surface area contributed by atoms with Gasteiger partial charge in [0.2, 0.25) is 11.5 Å². The molecule has 2 unspecified atom stereocenters. The number of alkyl halides is 4. The maximum Gasteiger partial charge on any atom is 0.416 e. The van der Waals surface area contributed by atoms with E-state index in [0.717, 1.165) is 18.2 Å². The molecule has 136 valence electrons. The van der Waals surface area contributed by atoms with Gasteiger partial charge in [0, 0.05) is 12.1 Å². The Hall–Kier alpha value is -2.26. The van der Waals surface area contributed by atoms with Crippen LogP contribution in [0.3, 0.4) is 0 Å². The van der Waals surface area contributed by atoms with E-state index in [2.05, 4.69) is 0 Å². The number of aliphatic hydroxyl groups is 1. The SMILES string of the molecule is CCOc1cc(OC2(O)C=CC(C(F)(F)F)=CC2Cl)ccc1[N+](=O)[O-]. The predicted molar refractivity (Wildman–Crippen MR) is 82.8 cm³/mol. The van der Waals surface area contributed by atoms with Crippen LogP contribution >= 0.6 is 11.6 Å². The second kappa shape index (κ2) is 6.93. The van der Waals surface area contributed by atoms with Gasteiger partial charge in [-0.25, -0.2) is 0 Å². The Bertz CT molecular complexity index is 734. The van der Waals surface area contributed by atoms with Gasteiger partial charge >= 0.3 is 11.9 Å². The van der Waals surface area contributed by atoms with Crippen LogP contribution in [0, 0.1) is 10.1 Å². The third-order valence-electron chi connectivity index (χ3n) is 3.26. The molecule has 1 aromatic carbocycles. The van der Waals surface area contributed by atoms with Crippen LogP contribution in [0.1, 0.15) is 6.92 Å². The van der Waals surface area contributed by atoms with E-state index in [-0.39, 0.29) is 23.8 Å². The van der Waals surface area contributed by atoms with Crippen LogP contribution in [0.5, 0.6) is 11.5 Å². The number of halogens is 4. The van der Waals surface area contributed by atoms with Crippen molar-refractivity contribution >= 4 is 17.3 Å². The van der Waals surface area contributed by atoms with Crippen molar-refractivity contribution in [1.82, 2.24) is 0 Å². The van der Waals surface area contributed by atoms with Crippen molar-refractivity contribution < 1.29 is 32.7 Å².